The molecule has 0 aromatic heterocycles. The van der Waals surface area contributed by atoms with E-state index in [-0.39, 0.29) is 5.41 Å². The topological polar surface area (TPSA) is 0 Å². The Bertz CT molecular complexity index is 907. The molecule has 1 aliphatic carbocycles. The Kier molecular flexibility index (Phi) is 5.58. The summed E-state index contributed by atoms with van der Waals surface area (Å²) in [5.41, 5.74) is 6.96. The Morgan fingerprint density at radius 1 is 0.714 bits per heavy atom. The largest absolute Gasteiger partial charge is 0.0798 e. The SMILES string of the molecule is CCCCC(C1=C(c2ccccc2)C=CC1)(c1ccccc1)c1ccccc1. The van der Waals surface area contributed by atoms with Crippen LogP contribution in [0.25, 0.3) is 5.57 Å². The number of unbranched alkanes of at least 4 members (excludes halogenated alkanes) is 1. The second kappa shape index (κ2) is 8.44. The molecule has 0 amide bonds. The van der Waals surface area contributed by atoms with E-state index < -0.39 is 0 Å². The van der Waals surface area contributed by atoms with Crippen LogP contribution in [0.3, 0.4) is 0 Å². The van der Waals surface area contributed by atoms with Gasteiger partial charge in [0.15, 0.2) is 0 Å². The molecule has 0 saturated carbocycles. The minimum Gasteiger partial charge on any atom is -0.0798 e. The molecule has 0 bridgehead atoms. The Hall–Kier alpha value is -2.86. The summed E-state index contributed by atoms with van der Waals surface area (Å²) in [7, 11) is 0. The van der Waals surface area contributed by atoms with Crippen LogP contribution < -0.4 is 0 Å². The van der Waals surface area contributed by atoms with Gasteiger partial charge in [-0.05, 0) is 40.7 Å². The highest BCUT2D eigenvalue weighted by Gasteiger charge is 2.39. The predicted molar refractivity (Wildman–Crippen MR) is 120 cm³/mol. The van der Waals surface area contributed by atoms with Crippen LogP contribution in [-0.2, 0) is 5.41 Å². The van der Waals surface area contributed by atoms with E-state index in [1.165, 1.54) is 40.7 Å². The first-order valence-electron chi connectivity index (χ1n) is 10.4. The number of benzene rings is 3. The molecule has 0 radical (unpaired) electrons. The zero-order chi connectivity index (χ0) is 19.2. The highest BCUT2D eigenvalue weighted by atomic mass is 14.4. The van der Waals surface area contributed by atoms with Crippen molar-refractivity contribution in [3.05, 3.63) is 125 Å². The van der Waals surface area contributed by atoms with Crippen LogP contribution in [0.2, 0.25) is 0 Å². The molecule has 0 N–H and O–H groups in total. The molecule has 0 fully saturated rings. The average Bonchev–Trinajstić information content (AvgIpc) is 3.27. The summed E-state index contributed by atoms with van der Waals surface area (Å²) in [5.74, 6) is 0. The maximum absolute atomic E-state index is 2.34. The summed E-state index contributed by atoms with van der Waals surface area (Å²) in [6, 6.07) is 33.1. The Morgan fingerprint density at radius 3 is 1.79 bits per heavy atom. The second-order valence-corrected chi connectivity index (χ2v) is 7.61. The van der Waals surface area contributed by atoms with E-state index >= 15 is 0 Å². The van der Waals surface area contributed by atoms with Crippen LogP contribution in [0.4, 0.5) is 0 Å². The third-order valence-electron chi connectivity index (χ3n) is 5.97. The maximum atomic E-state index is 2.34. The van der Waals surface area contributed by atoms with Gasteiger partial charge < -0.3 is 0 Å². The summed E-state index contributed by atoms with van der Waals surface area (Å²) in [5, 5.41) is 0. The van der Waals surface area contributed by atoms with Gasteiger partial charge in [0.1, 0.15) is 0 Å². The molecule has 0 atom stereocenters. The molecular formula is C28H28. The van der Waals surface area contributed by atoms with Crippen molar-refractivity contribution in [2.45, 2.75) is 38.0 Å². The van der Waals surface area contributed by atoms with Gasteiger partial charge >= 0.3 is 0 Å². The average molecular weight is 365 g/mol. The molecule has 3 aromatic carbocycles. The lowest BCUT2D eigenvalue weighted by Gasteiger charge is -2.38. The Morgan fingerprint density at radius 2 is 1.25 bits per heavy atom. The van der Waals surface area contributed by atoms with Gasteiger partial charge in [-0.2, -0.15) is 0 Å². The van der Waals surface area contributed by atoms with Gasteiger partial charge in [0.25, 0.3) is 0 Å². The van der Waals surface area contributed by atoms with E-state index in [9.17, 15) is 0 Å². The van der Waals surface area contributed by atoms with Crippen LogP contribution in [0, 0.1) is 0 Å². The van der Waals surface area contributed by atoms with Crippen molar-refractivity contribution in [3.63, 3.8) is 0 Å². The fourth-order valence-electron chi connectivity index (χ4n) is 4.64. The number of hydrogen-bond donors (Lipinski definition) is 0. The zero-order valence-corrected chi connectivity index (χ0v) is 16.6. The van der Waals surface area contributed by atoms with Crippen molar-refractivity contribution in [2.75, 3.05) is 0 Å². The number of rotatable bonds is 7. The molecule has 0 spiro atoms. The lowest BCUT2D eigenvalue weighted by Crippen LogP contribution is -2.30. The normalized spacial score (nSPS) is 13.9. The first-order chi connectivity index (χ1) is 13.9. The zero-order valence-electron chi connectivity index (χ0n) is 16.6. The van der Waals surface area contributed by atoms with E-state index in [1.807, 2.05) is 0 Å². The molecule has 3 aromatic rings. The van der Waals surface area contributed by atoms with Crippen LogP contribution in [0.5, 0.6) is 0 Å². The lowest BCUT2D eigenvalue weighted by atomic mass is 9.64. The van der Waals surface area contributed by atoms with Crippen LogP contribution in [-0.4, -0.2) is 0 Å². The molecular weight excluding hydrogens is 336 g/mol. The summed E-state index contributed by atoms with van der Waals surface area (Å²) in [4.78, 5) is 0. The van der Waals surface area contributed by atoms with E-state index in [0.717, 1.165) is 12.8 Å². The molecule has 1 aliphatic rings. The fourth-order valence-corrected chi connectivity index (χ4v) is 4.64. The highest BCUT2D eigenvalue weighted by molar-refractivity contribution is 5.82. The minimum absolute atomic E-state index is 0.0901. The molecule has 0 heteroatoms. The van der Waals surface area contributed by atoms with Crippen molar-refractivity contribution >= 4 is 5.57 Å². The third kappa shape index (κ3) is 3.36. The van der Waals surface area contributed by atoms with E-state index in [0.29, 0.717) is 0 Å². The summed E-state index contributed by atoms with van der Waals surface area (Å²) < 4.78 is 0. The number of allylic oxidation sites excluding steroid dienone is 4. The van der Waals surface area contributed by atoms with Gasteiger partial charge in [0.2, 0.25) is 0 Å². The standard InChI is InChI=1S/C28H28/c1-2-3-22-28(24-16-9-5-10-17-24,25-18-11-6-12-19-25)27-21-13-20-26(27)23-14-7-4-8-15-23/h4-20H,2-3,21-22H2,1H3. The smallest absolute Gasteiger partial charge is 0.0423 e. The summed E-state index contributed by atoms with van der Waals surface area (Å²) in [6.07, 6.45) is 9.21. The molecule has 0 heterocycles. The van der Waals surface area contributed by atoms with Gasteiger partial charge in [0, 0.05) is 5.41 Å². The Labute approximate surface area is 169 Å². The van der Waals surface area contributed by atoms with Crippen molar-refractivity contribution in [1.29, 1.82) is 0 Å². The second-order valence-electron chi connectivity index (χ2n) is 7.61. The van der Waals surface area contributed by atoms with Gasteiger partial charge in [-0.15, -0.1) is 0 Å². The quantitative estimate of drug-likeness (QED) is 0.405. The Balaban J connectivity index is 2.00. The minimum atomic E-state index is -0.0901. The fraction of sp³-hybridized carbons (Fsp3) is 0.214. The first kappa shape index (κ1) is 18.5. The van der Waals surface area contributed by atoms with Crippen LogP contribution >= 0.6 is 0 Å². The highest BCUT2D eigenvalue weighted by Crippen LogP contribution is 2.49. The predicted octanol–water partition coefficient (Wildman–Crippen LogP) is 7.58. The summed E-state index contributed by atoms with van der Waals surface area (Å²) >= 11 is 0. The molecule has 0 saturated heterocycles. The van der Waals surface area contributed by atoms with Crippen LogP contribution in [0.15, 0.2) is 109 Å². The lowest BCUT2D eigenvalue weighted by molar-refractivity contribution is 0.513. The molecule has 0 unspecified atom stereocenters. The van der Waals surface area contributed by atoms with Crippen LogP contribution in [0.1, 0.15) is 49.3 Å². The van der Waals surface area contributed by atoms with E-state index in [2.05, 4.69) is 110 Å². The maximum Gasteiger partial charge on any atom is 0.0423 e. The molecule has 4 rings (SSSR count). The molecule has 140 valence electrons. The van der Waals surface area contributed by atoms with Gasteiger partial charge in [-0.1, -0.05) is 123 Å². The molecule has 0 nitrogen and oxygen atoms in total. The van der Waals surface area contributed by atoms with Gasteiger partial charge in [0.05, 0.1) is 0 Å². The van der Waals surface area contributed by atoms with Crippen molar-refractivity contribution in [1.82, 2.24) is 0 Å². The van der Waals surface area contributed by atoms with Crippen molar-refractivity contribution < 1.29 is 0 Å². The first-order valence-corrected chi connectivity index (χ1v) is 10.4. The molecule has 0 aliphatic heterocycles. The van der Waals surface area contributed by atoms with Crippen molar-refractivity contribution in [3.8, 4) is 0 Å². The van der Waals surface area contributed by atoms with E-state index in [1.54, 1.807) is 0 Å². The van der Waals surface area contributed by atoms with Gasteiger partial charge in [-0.3, -0.25) is 0 Å². The van der Waals surface area contributed by atoms with Gasteiger partial charge in [-0.25, -0.2) is 0 Å². The number of hydrogen-bond acceptors (Lipinski definition) is 0. The monoisotopic (exact) mass is 364 g/mol. The summed E-state index contributed by atoms with van der Waals surface area (Å²) in [6.45, 7) is 2.29. The molecule has 28 heavy (non-hydrogen) atoms. The van der Waals surface area contributed by atoms with Crippen molar-refractivity contribution in [2.24, 2.45) is 0 Å². The van der Waals surface area contributed by atoms with E-state index in [4.69, 9.17) is 0 Å². The third-order valence-corrected chi connectivity index (χ3v) is 5.97.